The first-order valence-electron chi connectivity index (χ1n) is 9.52. The molecule has 7 nitrogen and oxygen atoms in total. The Morgan fingerprint density at radius 1 is 1.19 bits per heavy atom. The smallest absolute Gasteiger partial charge is 0.407 e. The minimum atomic E-state index is -0.562. The number of hydrogen-bond donors (Lipinski definition) is 2. The van der Waals surface area contributed by atoms with Gasteiger partial charge in [0.15, 0.2) is 0 Å². The molecule has 0 aliphatic heterocycles. The van der Waals surface area contributed by atoms with Gasteiger partial charge >= 0.3 is 6.09 Å². The monoisotopic (exact) mass is 380 g/mol. The van der Waals surface area contributed by atoms with Gasteiger partial charge in [0, 0.05) is 25.7 Å². The Labute approximate surface area is 163 Å². The molecule has 0 aliphatic rings. The highest BCUT2D eigenvalue weighted by atomic mass is 16.6. The molecule has 7 heteroatoms. The lowest BCUT2D eigenvalue weighted by molar-refractivity contribution is -0.123. The van der Waals surface area contributed by atoms with E-state index < -0.39 is 17.2 Å². The minimum Gasteiger partial charge on any atom is -0.444 e. The Morgan fingerprint density at radius 2 is 1.78 bits per heavy atom. The second kappa shape index (κ2) is 8.76. The molecule has 0 spiro atoms. The van der Waals surface area contributed by atoms with E-state index in [1.807, 2.05) is 67.1 Å². The van der Waals surface area contributed by atoms with Gasteiger partial charge in [-0.05, 0) is 59.4 Å². The van der Waals surface area contributed by atoms with E-state index in [2.05, 4.69) is 15.7 Å². The number of ether oxygens (including phenoxy) is 1. The van der Waals surface area contributed by atoms with Crippen LogP contribution in [0.5, 0.6) is 0 Å². The summed E-state index contributed by atoms with van der Waals surface area (Å²) in [5.41, 5.74) is 2.04. The number of aromatic nitrogens is 2. The largest absolute Gasteiger partial charge is 0.444 e. The second-order valence-corrected chi connectivity index (χ2v) is 8.75. The Bertz CT molecular complexity index is 674. The fourth-order valence-corrected chi connectivity index (χ4v) is 2.76. The number of carbonyl (C=O) groups is 2. The van der Waals surface area contributed by atoms with E-state index >= 15 is 0 Å². The van der Waals surface area contributed by atoms with E-state index in [-0.39, 0.29) is 11.8 Å². The summed E-state index contributed by atoms with van der Waals surface area (Å²) in [5, 5.41) is 10.3. The van der Waals surface area contributed by atoms with Gasteiger partial charge in [0.2, 0.25) is 5.91 Å². The fraction of sp³-hybridized carbons (Fsp3) is 0.750. The molecular weight excluding hydrogens is 344 g/mol. The molecule has 1 unspecified atom stereocenters. The van der Waals surface area contributed by atoms with Gasteiger partial charge in [-0.25, -0.2) is 4.79 Å². The van der Waals surface area contributed by atoms with Crippen LogP contribution in [0.15, 0.2) is 0 Å². The molecule has 1 atom stereocenters. The van der Waals surface area contributed by atoms with Gasteiger partial charge in [0.05, 0.1) is 11.2 Å². The number of nitrogens with zero attached hydrogens (tertiary/aromatic N) is 2. The van der Waals surface area contributed by atoms with Crippen molar-refractivity contribution in [2.75, 3.05) is 6.54 Å². The summed E-state index contributed by atoms with van der Waals surface area (Å²) in [7, 11) is 1.91. The molecule has 0 aromatic carbocycles. The molecule has 0 radical (unpaired) electrons. The summed E-state index contributed by atoms with van der Waals surface area (Å²) in [6, 6.07) is 0. The first-order valence-corrected chi connectivity index (χ1v) is 9.52. The Balaban J connectivity index is 2.66. The number of alkyl carbamates (subject to hydrolysis) is 1. The first kappa shape index (κ1) is 23.0. The molecular formula is C20H36N4O3. The first-order chi connectivity index (χ1) is 12.2. The van der Waals surface area contributed by atoms with Crippen LogP contribution < -0.4 is 10.6 Å². The van der Waals surface area contributed by atoms with Crippen LogP contribution in [0.2, 0.25) is 0 Å². The molecule has 1 heterocycles. The fourth-order valence-electron chi connectivity index (χ4n) is 2.76. The molecule has 1 aromatic heterocycles. The zero-order valence-corrected chi connectivity index (χ0v) is 18.3. The second-order valence-electron chi connectivity index (χ2n) is 8.75. The highest BCUT2D eigenvalue weighted by molar-refractivity contribution is 5.77. The molecule has 1 rings (SSSR count). The molecule has 0 bridgehead atoms. The molecule has 0 saturated carbocycles. The van der Waals surface area contributed by atoms with Crippen molar-refractivity contribution in [1.82, 2.24) is 20.4 Å². The number of amides is 2. The predicted molar refractivity (Wildman–Crippen MR) is 107 cm³/mol. The highest BCUT2D eigenvalue weighted by Crippen LogP contribution is 2.18. The summed E-state index contributed by atoms with van der Waals surface area (Å²) < 4.78 is 7.12. The van der Waals surface area contributed by atoms with Gasteiger partial charge in [0.25, 0.3) is 0 Å². The Hall–Kier alpha value is -2.05. The van der Waals surface area contributed by atoms with Crippen molar-refractivity contribution in [2.24, 2.45) is 13.0 Å². The lowest BCUT2D eigenvalue weighted by Crippen LogP contribution is -2.57. The molecule has 0 aliphatic carbocycles. The van der Waals surface area contributed by atoms with E-state index in [0.29, 0.717) is 19.4 Å². The minimum absolute atomic E-state index is 0.0418. The van der Waals surface area contributed by atoms with E-state index in [1.165, 1.54) is 0 Å². The third-order valence-corrected chi connectivity index (χ3v) is 4.96. The molecule has 2 N–H and O–H groups in total. The third kappa shape index (κ3) is 6.88. The number of hydrogen-bond acceptors (Lipinski definition) is 4. The Morgan fingerprint density at radius 3 is 2.22 bits per heavy atom. The number of nitrogens with one attached hydrogen (secondary N) is 2. The quantitative estimate of drug-likeness (QED) is 0.761. The molecule has 27 heavy (non-hydrogen) atoms. The van der Waals surface area contributed by atoms with Crippen molar-refractivity contribution in [2.45, 2.75) is 79.4 Å². The topological polar surface area (TPSA) is 85.3 Å². The summed E-state index contributed by atoms with van der Waals surface area (Å²) in [6.07, 6.45) is 0.540. The Kier molecular flexibility index (Phi) is 7.46. The van der Waals surface area contributed by atoms with Crippen LogP contribution in [-0.2, 0) is 23.0 Å². The zero-order valence-electron chi connectivity index (χ0n) is 18.3. The third-order valence-electron chi connectivity index (χ3n) is 4.96. The molecule has 0 saturated heterocycles. The van der Waals surface area contributed by atoms with Crippen LogP contribution in [-0.4, -0.2) is 39.5 Å². The van der Waals surface area contributed by atoms with Crippen LogP contribution in [0.1, 0.15) is 64.9 Å². The average Bonchev–Trinajstić information content (AvgIpc) is 2.74. The van der Waals surface area contributed by atoms with Gasteiger partial charge in [0.1, 0.15) is 5.60 Å². The number of carbonyl (C=O) groups excluding carboxylic acids is 2. The summed E-state index contributed by atoms with van der Waals surface area (Å²) >= 11 is 0. The molecule has 2 amide bonds. The van der Waals surface area contributed by atoms with Gasteiger partial charge in [-0.15, -0.1) is 0 Å². The van der Waals surface area contributed by atoms with Gasteiger partial charge < -0.3 is 15.4 Å². The van der Waals surface area contributed by atoms with Crippen LogP contribution in [0.25, 0.3) is 0 Å². The zero-order chi connectivity index (χ0) is 21.0. The lowest BCUT2D eigenvalue weighted by Gasteiger charge is -2.35. The van der Waals surface area contributed by atoms with Crippen molar-refractivity contribution in [3.8, 4) is 0 Å². The maximum Gasteiger partial charge on any atom is 0.407 e. The van der Waals surface area contributed by atoms with Crippen LogP contribution in [0.3, 0.4) is 0 Å². The average molecular weight is 381 g/mol. The van der Waals surface area contributed by atoms with E-state index in [4.69, 9.17) is 4.74 Å². The predicted octanol–water partition coefficient (Wildman–Crippen LogP) is 3.03. The maximum atomic E-state index is 12.6. The molecule has 1 aromatic rings. The SMILES string of the molecule is Cc1nn(C)c(C)c1CCC(=O)NC(C)(CNC(=O)OC(C)(C)C)C(C)C. The highest BCUT2D eigenvalue weighted by Gasteiger charge is 2.31. The standard InChI is InChI=1S/C20H36N4O3/c1-13(2)20(8,12-21-18(26)27-19(5,6)7)22-17(25)11-10-16-14(3)23-24(9)15(16)4/h13H,10-12H2,1-9H3,(H,21,26)(H,22,25). The van der Waals surface area contributed by atoms with Crippen molar-refractivity contribution < 1.29 is 14.3 Å². The van der Waals surface area contributed by atoms with Crippen LogP contribution in [0, 0.1) is 19.8 Å². The van der Waals surface area contributed by atoms with Crippen molar-refractivity contribution in [3.05, 3.63) is 17.0 Å². The van der Waals surface area contributed by atoms with Gasteiger partial charge in [-0.1, -0.05) is 13.8 Å². The summed E-state index contributed by atoms with van der Waals surface area (Å²) in [4.78, 5) is 24.5. The number of rotatable bonds is 7. The van der Waals surface area contributed by atoms with Crippen molar-refractivity contribution in [1.29, 1.82) is 0 Å². The summed E-state index contributed by atoms with van der Waals surface area (Å²) in [6.45, 7) is 15.7. The van der Waals surface area contributed by atoms with E-state index in [1.54, 1.807) is 0 Å². The van der Waals surface area contributed by atoms with Gasteiger partial charge in [-0.2, -0.15) is 5.10 Å². The molecule has 0 fully saturated rings. The van der Waals surface area contributed by atoms with E-state index in [9.17, 15) is 9.59 Å². The van der Waals surface area contributed by atoms with Crippen molar-refractivity contribution in [3.63, 3.8) is 0 Å². The van der Waals surface area contributed by atoms with Crippen LogP contribution in [0.4, 0.5) is 4.79 Å². The van der Waals surface area contributed by atoms with Gasteiger partial charge in [-0.3, -0.25) is 9.48 Å². The van der Waals surface area contributed by atoms with Crippen molar-refractivity contribution >= 4 is 12.0 Å². The molecule has 154 valence electrons. The number of aryl methyl sites for hydroxylation is 2. The summed E-state index contributed by atoms with van der Waals surface area (Å²) in [5.74, 6) is 0.0955. The van der Waals surface area contributed by atoms with E-state index in [0.717, 1.165) is 17.0 Å². The van der Waals surface area contributed by atoms with Crippen LogP contribution >= 0.6 is 0 Å². The normalized spacial score (nSPS) is 14.0. The lowest BCUT2D eigenvalue weighted by atomic mass is 9.88. The maximum absolute atomic E-state index is 12.6.